The van der Waals surface area contributed by atoms with Crippen LogP contribution in [0.25, 0.3) is 0 Å². The van der Waals surface area contributed by atoms with E-state index in [1.807, 2.05) is 6.92 Å². The minimum Gasteiger partial charge on any atom is -0.324 e. The molecule has 0 saturated carbocycles. The summed E-state index contributed by atoms with van der Waals surface area (Å²) in [5.74, 6) is 0.650. The predicted molar refractivity (Wildman–Crippen MR) is 230 cm³/mol. The lowest BCUT2D eigenvalue weighted by Gasteiger charge is -2.39. The Morgan fingerprint density at radius 3 is 1.00 bits per heavy atom. The Hall–Kier alpha value is -0.200. The van der Waals surface area contributed by atoms with Gasteiger partial charge in [0.05, 0.1) is 42.7 Å². The first-order valence-corrected chi connectivity index (χ1v) is 22.1. The second-order valence-corrected chi connectivity index (χ2v) is 19.2. The van der Waals surface area contributed by atoms with Crippen LogP contribution in [0.2, 0.25) is 0 Å². The van der Waals surface area contributed by atoms with Crippen molar-refractivity contribution in [2.75, 3.05) is 39.0 Å². The summed E-state index contributed by atoms with van der Waals surface area (Å²) in [6.45, 7) is 42.0. The van der Waals surface area contributed by atoms with E-state index in [0.717, 1.165) is 18.2 Å². The van der Waals surface area contributed by atoms with Gasteiger partial charge in [0.15, 0.2) is 0 Å². The first-order valence-electron chi connectivity index (χ1n) is 16.9. The van der Waals surface area contributed by atoms with Crippen molar-refractivity contribution in [3.05, 3.63) is 0 Å². The van der Waals surface area contributed by atoms with Gasteiger partial charge in [-0.1, -0.05) is 71.2 Å². The first-order chi connectivity index (χ1) is 20.8. The first kappa shape index (κ1) is 75.7. The van der Waals surface area contributed by atoms with Gasteiger partial charge in [0.2, 0.25) is 0 Å². The average molecular weight is 809 g/mol. The van der Waals surface area contributed by atoms with E-state index in [9.17, 15) is 17.5 Å². The van der Waals surface area contributed by atoms with Gasteiger partial charge in [-0.15, -0.1) is 0 Å². The van der Waals surface area contributed by atoms with Gasteiger partial charge < -0.3 is 34.4 Å². The fourth-order valence-electron chi connectivity index (χ4n) is 3.61. The van der Waals surface area contributed by atoms with Crippen molar-refractivity contribution in [1.82, 2.24) is 4.90 Å². The zero-order valence-electron chi connectivity index (χ0n) is 33.7. The van der Waals surface area contributed by atoms with E-state index >= 15 is 0 Å². The Morgan fingerprint density at radius 1 is 0.725 bits per heavy atom. The van der Waals surface area contributed by atoms with Crippen molar-refractivity contribution in [1.29, 1.82) is 5.41 Å². The van der Waals surface area contributed by atoms with E-state index in [2.05, 4.69) is 85.6 Å². The molecule has 0 aromatic rings. The van der Waals surface area contributed by atoms with Gasteiger partial charge in [0.1, 0.15) is 9.84 Å². The SMILES string of the molecule is C.C.C.C.CC(=N)CC(C)C.CC(C)OP(=O)(O)O.CC(C)P(=O)(O)O.CC(C)S(C)(=O)=O.CCN(CC)C(C)C.CC[N+](CC)(CC)C(C)C. The molecule has 0 fully saturated rings. The van der Waals surface area contributed by atoms with E-state index in [-0.39, 0.29) is 35.0 Å². The number of quaternary nitrogens is 1. The lowest BCUT2D eigenvalue weighted by atomic mass is 10.1. The number of sulfone groups is 1. The minimum atomic E-state index is -4.22. The fourth-order valence-corrected chi connectivity index (χ4v) is 4.16. The van der Waals surface area contributed by atoms with Crippen LogP contribution in [0.1, 0.15) is 161 Å². The molecule has 51 heavy (non-hydrogen) atoms. The maximum Gasteiger partial charge on any atom is 0.469 e. The highest BCUT2D eigenvalue weighted by atomic mass is 32.2. The summed E-state index contributed by atoms with van der Waals surface area (Å²) in [5, 5.41) is 6.80. The molecule has 0 saturated heterocycles. The highest BCUT2D eigenvalue weighted by molar-refractivity contribution is 7.91. The van der Waals surface area contributed by atoms with Crippen LogP contribution < -0.4 is 0 Å². The molecule has 0 unspecified atom stereocenters. The second kappa shape index (κ2) is 39.5. The summed E-state index contributed by atoms with van der Waals surface area (Å²) in [4.78, 5) is 35.0. The molecule has 0 aromatic heterocycles. The molecule has 0 aromatic carbocycles. The van der Waals surface area contributed by atoms with Crippen LogP contribution >= 0.6 is 15.4 Å². The second-order valence-electron chi connectivity index (χ2n) is 13.2. The highest BCUT2D eigenvalue weighted by Gasteiger charge is 2.24. The molecule has 324 valence electrons. The Bertz CT molecular complexity index is 918. The van der Waals surface area contributed by atoms with Crippen LogP contribution in [0.3, 0.4) is 0 Å². The van der Waals surface area contributed by atoms with Gasteiger partial charge in [-0.25, -0.2) is 13.0 Å². The van der Waals surface area contributed by atoms with Crippen molar-refractivity contribution < 1.29 is 46.1 Å². The number of nitrogens with one attached hydrogen (secondary N) is 1. The number of nitrogens with zero attached hydrogens (tertiary/aromatic N) is 2. The average Bonchev–Trinajstić information content (AvgIpc) is 2.84. The number of hydrogen-bond donors (Lipinski definition) is 5. The van der Waals surface area contributed by atoms with Gasteiger partial charge in [0.25, 0.3) is 0 Å². The van der Waals surface area contributed by atoms with Crippen LogP contribution in [-0.4, -0.2) is 111 Å². The maximum absolute atomic E-state index is 10.3. The van der Waals surface area contributed by atoms with Gasteiger partial charge in [0, 0.05) is 18.0 Å². The molecular formula is C36H96N3O9P2S+. The Labute approximate surface area is 321 Å². The van der Waals surface area contributed by atoms with Crippen LogP contribution in [0.4, 0.5) is 0 Å². The molecule has 15 heteroatoms. The quantitative estimate of drug-likeness (QED) is 0.0681. The third-order valence-electron chi connectivity index (χ3n) is 7.12. The monoisotopic (exact) mass is 809 g/mol. The Kier molecular flexibility index (Phi) is 58.6. The molecule has 0 spiro atoms. The molecule has 0 amide bonds. The molecular weight excluding hydrogens is 712 g/mol. The highest BCUT2D eigenvalue weighted by Crippen LogP contribution is 2.40. The molecule has 5 N–H and O–H groups in total. The van der Waals surface area contributed by atoms with E-state index in [1.165, 1.54) is 57.3 Å². The van der Waals surface area contributed by atoms with Gasteiger partial charge in [-0.05, 0) is 109 Å². The van der Waals surface area contributed by atoms with E-state index in [4.69, 9.17) is 25.0 Å². The molecule has 0 heterocycles. The molecule has 12 nitrogen and oxygen atoms in total. The van der Waals surface area contributed by atoms with E-state index in [0.29, 0.717) is 12.0 Å². The van der Waals surface area contributed by atoms with Crippen molar-refractivity contribution >= 4 is 31.0 Å². The zero-order chi connectivity index (χ0) is 39.6. The minimum absolute atomic E-state index is 0. The zero-order valence-corrected chi connectivity index (χ0v) is 36.3. The van der Waals surface area contributed by atoms with Crippen molar-refractivity contribution in [2.24, 2.45) is 5.92 Å². The predicted octanol–water partition coefficient (Wildman–Crippen LogP) is 10.1. The molecule has 0 bridgehead atoms. The smallest absolute Gasteiger partial charge is 0.324 e. The summed E-state index contributed by atoms with van der Waals surface area (Å²) < 4.78 is 46.0. The van der Waals surface area contributed by atoms with Crippen molar-refractivity contribution in [3.8, 4) is 0 Å². The molecule has 0 atom stereocenters. The molecule has 0 rings (SSSR count). The number of phosphoric acid groups is 1. The molecule has 0 aliphatic carbocycles. The van der Waals surface area contributed by atoms with Crippen LogP contribution in [0.15, 0.2) is 0 Å². The van der Waals surface area contributed by atoms with Crippen molar-refractivity contribution in [3.63, 3.8) is 0 Å². The summed E-state index contributed by atoms with van der Waals surface area (Å²) in [6.07, 6.45) is 1.76. The summed E-state index contributed by atoms with van der Waals surface area (Å²) in [7, 11) is -10.7. The standard InChI is InChI=1S/C9H22N.C7H17N.C6H13N.C4H10O2S.C3H9O4P.C3H9O3P.4CH4/c1-6-10(7-2,8-3)9(4)5;1-5-8(6-2)7(3)4;1-5(2)4-6(3)7;1-4(2)7(3,5)6;1-3(2)7-8(4,5)6;1-3(2)7(4,5)6;;;;/h9H,6-8H2,1-5H3;7H,5-6H2,1-4H3;5,7H,4H2,1-3H3;4H,1-3H3;3H,1-2H3,(H2,4,5,6);3H,1-2H3,(H2,4,5,6);4*1H4/q+1;;;;;;;;;. The largest absolute Gasteiger partial charge is 0.469 e. The van der Waals surface area contributed by atoms with Crippen LogP contribution in [0.5, 0.6) is 0 Å². The molecule has 0 radical (unpaired) electrons. The van der Waals surface area contributed by atoms with E-state index < -0.39 is 37.0 Å². The number of rotatable bonds is 13. The normalized spacial score (nSPS) is 11.0. The molecule has 0 aliphatic heterocycles. The van der Waals surface area contributed by atoms with Gasteiger partial charge >= 0.3 is 15.4 Å². The lowest BCUT2D eigenvalue weighted by molar-refractivity contribution is -0.943. The van der Waals surface area contributed by atoms with Crippen LogP contribution in [-0.2, 0) is 23.5 Å². The van der Waals surface area contributed by atoms with Crippen LogP contribution in [0, 0.1) is 11.3 Å². The van der Waals surface area contributed by atoms with Gasteiger partial charge in [-0.3, -0.25) is 9.09 Å². The van der Waals surface area contributed by atoms with Crippen molar-refractivity contribution in [2.45, 2.75) is 190 Å². The maximum atomic E-state index is 10.3. The summed E-state index contributed by atoms with van der Waals surface area (Å²) in [5.41, 5.74) is 0.252. The Morgan fingerprint density at radius 2 is 1.00 bits per heavy atom. The number of hydrogen-bond acceptors (Lipinski definition) is 7. The number of phosphoric ester groups is 1. The van der Waals surface area contributed by atoms with Gasteiger partial charge in [-0.2, -0.15) is 0 Å². The Balaban J connectivity index is -0.0000000489. The summed E-state index contributed by atoms with van der Waals surface area (Å²) in [6, 6.07) is 1.49. The summed E-state index contributed by atoms with van der Waals surface area (Å²) >= 11 is 0. The topological polar surface area (TPSA) is 186 Å². The lowest BCUT2D eigenvalue weighted by Crippen LogP contribution is -2.52. The third kappa shape index (κ3) is 59.3. The fraction of sp³-hybridized carbons (Fsp3) is 0.972. The molecule has 0 aliphatic rings. The third-order valence-corrected chi connectivity index (χ3v) is 10.9. The van der Waals surface area contributed by atoms with E-state index in [1.54, 1.807) is 27.7 Å².